The number of rotatable bonds is 9. The Bertz CT molecular complexity index is 1060. The summed E-state index contributed by atoms with van der Waals surface area (Å²) in [6.07, 6.45) is 0. The molecule has 0 saturated carbocycles. The van der Waals surface area contributed by atoms with Crippen molar-refractivity contribution in [3.8, 4) is 28.6 Å². The molecule has 10 heteroatoms. The molecule has 160 valence electrons. The summed E-state index contributed by atoms with van der Waals surface area (Å²) in [4.78, 5) is 23.1. The molecular formula is C21H20N4O6. The van der Waals surface area contributed by atoms with Gasteiger partial charge < -0.3 is 19.5 Å². The van der Waals surface area contributed by atoms with Crippen molar-refractivity contribution in [1.29, 1.82) is 0 Å². The Balaban J connectivity index is 1.58. The van der Waals surface area contributed by atoms with Crippen LogP contribution in [-0.4, -0.2) is 48.4 Å². The van der Waals surface area contributed by atoms with Crippen LogP contribution < -0.4 is 19.5 Å². The lowest BCUT2D eigenvalue weighted by atomic mass is 10.1. The number of benzene rings is 2. The van der Waals surface area contributed by atoms with Crippen molar-refractivity contribution in [2.45, 2.75) is 0 Å². The molecule has 3 rings (SSSR count). The molecule has 0 unspecified atom stereocenters. The molecule has 0 saturated heterocycles. The molecule has 1 aromatic heterocycles. The zero-order valence-corrected chi connectivity index (χ0v) is 16.9. The van der Waals surface area contributed by atoms with Gasteiger partial charge in [-0.2, -0.15) is 0 Å². The molecule has 31 heavy (non-hydrogen) atoms. The maximum atomic E-state index is 12.5. The van der Waals surface area contributed by atoms with Gasteiger partial charge in [0.2, 0.25) is 5.88 Å². The van der Waals surface area contributed by atoms with Gasteiger partial charge in [0, 0.05) is 17.7 Å². The summed E-state index contributed by atoms with van der Waals surface area (Å²) in [5, 5.41) is 22.0. The highest BCUT2D eigenvalue weighted by Crippen LogP contribution is 2.34. The van der Waals surface area contributed by atoms with Crippen molar-refractivity contribution in [2.75, 3.05) is 27.4 Å². The summed E-state index contributed by atoms with van der Waals surface area (Å²) < 4.78 is 15.6. The number of nitro groups is 1. The first-order valence-corrected chi connectivity index (χ1v) is 9.24. The maximum Gasteiger partial charge on any atom is 0.286 e. The minimum Gasteiger partial charge on any atom is -0.493 e. The predicted molar refractivity (Wildman–Crippen MR) is 111 cm³/mol. The van der Waals surface area contributed by atoms with Crippen LogP contribution in [0.5, 0.6) is 17.4 Å². The molecule has 0 fully saturated rings. The van der Waals surface area contributed by atoms with E-state index >= 15 is 0 Å². The number of hydrogen-bond acceptors (Lipinski definition) is 8. The van der Waals surface area contributed by atoms with Crippen molar-refractivity contribution >= 4 is 11.6 Å². The Morgan fingerprint density at radius 3 is 2.35 bits per heavy atom. The second-order valence-corrected chi connectivity index (χ2v) is 6.21. The Morgan fingerprint density at radius 2 is 1.74 bits per heavy atom. The standard InChI is InChI=1S/C21H20N4O6/c1-29-18-12-15(17(25(27)28)13-19(18)30-2)21(26)22-10-11-31-20-9-8-16(23-24-20)14-6-4-3-5-7-14/h3-9,12-13H,10-11H2,1-2H3,(H,22,26). The first kappa shape index (κ1) is 21.5. The van der Waals surface area contributed by atoms with Gasteiger partial charge in [-0.1, -0.05) is 30.3 Å². The minimum atomic E-state index is -0.656. The number of amides is 1. The topological polar surface area (TPSA) is 126 Å². The number of methoxy groups -OCH3 is 2. The molecule has 1 amide bonds. The smallest absolute Gasteiger partial charge is 0.286 e. The second-order valence-electron chi connectivity index (χ2n) is 6.21. The summed E-state index contributed by atoms with van der Waals surface area (Å²) >= 11 is 0. The first-order valence-electron chi connectivity index (χ1n) is 9.24. The van der Waals surface area contributed by atoms with Crippen molar-refractivity contribution in [1.82, 2.24) is 15.5 Å². The van der Waals surface area contributed by atoms with E-state index < -0.39 is 16.5 Å². The van der Waals surface area contributed by atoms with Crippen molar-refractivity contribution in [3.05, 3.63) is 70.3 Å². The zero-order chi connectivity index (χ0) is 22.2. The number of nitrogens with zero attached hydrogens (tertiary/aromatic N) is 3. The molecule has 0 spiro atoms. The molecule has 0 aliphatic rings. The van der Waals surface area contributed by atoms with Crippen LogP contribution in [0.15, 0.2) is 54.6 Å². The molecule has 1 heterocycles. The van der Waals surface area contributed by atoms with Crippen molar-refractivity contribution < 1.29 is 23.9 Å². The van der Waals surface area contributed by atoms with Crippen LogP contribution in [0.3, 0.4) is 0 Å². The zero-order valence-electron chi connectivity index (χ0n) is 16.9. The van der Waals surface area contributed by atoms with Gasteiger partial charge in [0.15, 0.2) is 11.5 Å². The Hall–Kier alpha value is -4.21. The monoisotopic (exact) mass is 424 g/mol. The molecule has 0 aliphatic heterocycles. The number of carbonyl (C=O) groups is 1. The van der Waals surface area contributed by atoms with Crippen LogP contribution in [0.1, 0.15) is 10.4 Å². The fourth-order valence-corrected chi connectivity index (χ4v) is 2.78. The van der Waals surface area contributed by atoms with Gasteiger partial charge in [0.05, 0.1) is 37.4 Å². The van der Waals surface area contributed by atoms with E-state index in [1.165, 1.54) is 20.3 Å². The van der Waals surface area contributed by atoms with E-state index in [0.29, 0.717) is 11.6 Å². The molecule has 0 bridgehead atoms. The summed E-state index contributed by atoms with van der Waals surface area (Å²) in [6.45, 7) is 0.207. The Labute approximate surface area is 177 Å². The van der Waals surface area contributed by atoms with Crippen LogP contribution in [0.25, 0.3) is 11.3 Å². The van der Waals surface area contributed by atoms with Gasteiger partial charge in [-0.15, -0.1) is 10.2 Å². The third-order valence-corrected chi connectivity index (χ3v) is 4.29. The van der Waals surface area contributed by atoms with Gasteiger partial charge in [-0.25, -0.2) is 0 Å². The molecule has 3 aromatic rings. The number of carbonyl (C=O) groups excluding carboxylic acids is 1. The molecule has 0 radical (unpaired) electrons. The summed E-state index contributed by atoms with van der Waals surface area (Å²) in [5.41, 5.74) is 1.11. The molecule has 10 nitrogen and oxygen atoms in total. The van der Waals surface area contributed by atoms with Gasteiger partial charge in [0.25, 0.3) is 11.6 Å². The number of ether oxygens (including phenoxy) is 3. The lowest BCUT2D eigenvalue weighted by Crippen LogP contribution is -2.28. The fraction of sp³-hybridized carbons (Fsp3) is 0.190. The highest BCUT2D eigenvalue weighted by molar-refractivity contribution is 5.99. The Kier molecular flexibility index (Phi) is 6.94. The average Bonchev–Trinajstić information content (AvgIpc) is 2.81. The fourth-order valence-electron chi connectivity index (χ4n) is 2.78. The number of hydrogen-bond donors (Lipinski definition) is 1. The van der Waals surface area contributed by atoms with Crippen LogP contribution in [-0.2, 0) is 0 Å². The molecule has 1 N–H and O–H groups in total. The van der Waals surface area contributed by atoms with Crippen LogP contribution in [0, 0.1) is 10.1 Å². The number of aromatic nitrogens is 2. The van der Waals surface area contributed by atoms with Crippen LogP contribution in [0.4, 0.5) is 5.69 Å². The van der Waals surface area contributed by atoms with Gasteiger partial charge in [-0.05, 0) is 6.07 Å². The third-order valence-electron chi connectivity index (χ3n) is 4.29. The van der Waals surface area contributed by atoms with E-state index in [4.69, 9.17) is 14.2 Å². The lowest BCUT2D eigenvalue weighted by molar-refractivity contribution is -0.385. The summed E-state index contributed by atoms with van der Waals surface area (Å²) in [6, 6.07) is 15.5. The maximum absolute atomic E-state index is 12.5. The third kappa shape index (κ3) is 5.24. The van der Waals surface area contributed by atoms with Crippen LogP contribution in [0.2, 0.25) is 0 Å². The van der Waals surface area contributed by atoms with Gasteiger partial charge in [-0.3, -0.25) is 14.9 Å². The van der Waals surface area contributed by atoms with E-state index in [9.17, 15) is 14.9 Å². The molecule has 0 aliphatic carbocycles. The minimum absolute atomic E-state index is 0.103. The summed E-state index contributed by atoms with van der Waals surface area (Å²) in [5.74, 6) is 0.0303. The van der Waals surface area contributed by atoms with E-state index in [0.717, 1.165) is 11.6 Å². The Morgan fingerprint density at radius 1 is 1.03 bits per heavy atom. The largest absolute Gasteiger partial charge is 0.493 e. The number of nitrogens with one attached hydrogen (secondary N) is 1. The quantitative estimate of drug-likeness (QED) is 0.316. The van der Waals surface area contributed by atoms with Gasteiger partial charge >= 0.3 is 0 Å². The molecular weight excluding hydrogens is 404 g/mol. The van der Waals surface area contributed by atoms with Crippen molar-refractivity contribution in [2.24, 2.45) is 0 Å². The number of nitro benzene ring substituents is 1. The summed E-state index contributed by atoms with van der Waals surface area (Å²) in [7, 11) is 2.73. The molecule has 0 atom stereocenters. The van der Waals surface area contributed by atoms with Crippen molar-refractivity contribution in [3.63, 3.8) is 0 Å². The predicted octanol–water partition coefficient (Wildman–Crippen LogP) is 2.88. The van der Waals surface area contributed by atoms with E-state index in [1.54, 1.807) is 12.1 Å². The highest BCUT2D eigenvalue weighted by Gasteiger charge is 2.24. The SMILES string of the molecule is COc1cc(C(=O)NCCOc2ccc(-c3ccccc3)nn2)c([N+](=O)[O-])cc1OC. The lowest BCUT2D eigenvalue weighted by Gasteiger charge is -2.11. The second kappa shape index (κ2) is 10.0. The first-order chi connectivity index (χ1) is 15.0. The van der Waals surface area contributed by atoms with E-state index in [-0.39, 0.29) is 30.2 Å². The highest BCUT2D eigenvalue weighted by atomic mass is 16.6. The van der Waals surface area contributed by atoms with Crippen LogP contribution >= 0.6 is 0 Å². The molecule has 2 aromatic carbocycles. The average molecular weight is 424 g/mol. The van der Waals surface area contributed by atoms with E-state index in [1.807, 2.05) is 30.3 Å². The normalized spacial score (nSPS) is 10.3. The van der Waals surface area contributed by atoms with Gasteiger partial charge in [0.1, 0.15) is 12.2 Å². The van der Waals surface area contributed by atoms with E-state index in [2.05, 4.69) is 15.5 Å².